The third-order valence-corrected chi connectivity index (χ3v) is 2.74. The fourth-order valence-corrected chi connectivity index (χ4v) is 1.90. The van der Waals surface area contributed by atoms with Crippen LogP contribution in [-0.2, 0) is 0 Å². The molecule has 0 atom stereocenters. The van der Waals surface area contributed by atoms with Crippen LogP contribution in [0.25, 0.3) is 0 Å². The number of aryl methyl sites for hydroxylation is 2. The predicted molar refractivity (Wildman–Crippen MR) is 71.1 cm³/mol. The number of furan rings is 1. The van der Waals surface area contributed by atoms with Crippen LogP contribution in [0.4, 0.5) is 5.69 Å². The van der Waals surface area contributed by atoms with E-state index in [-0.39, 0.29) is 29.6 Å². The first-order valence-corrected chi connectivity index (χ1v) is 5.94. The quantitative estimate of drug-likeness (QED) is 0.475. The van der Waals surface area contributed by atoms with Crippen LogP contribution in [0.2, 0.25) is 0 Å². The Kier molecular flexibility index (Phi) is 3.84. The predicted octanol–water partition coefficient (Wildman–Crippen LogP) is 3.07. The Hall–Kier alpha value is -2.63. The molecule has 0 amide bonds. The summed E-state index contributed by atoms with van der Waals surface area (Å²) >= 11 is 0. The van der Waals surface area contributed by atoms with Gasteiger partial charge in [0.2, 0.25) is 11.5 Å². The topological polar surface area (TPSA) is 82.6 Å². The lowest BCUT2D eigenvalue weighted by Crippen LogP contribution is -2.12. The summed E-state index contributed by atoms with van der Waals surface area (Å²) in [5.41, 5.74) is 1.23. The maximum absolute atomic E-state index is 11.7. The largest absolute Gasteiger partial charge is 0.478 e. The maximum Gasteiger partial charge on any atom is 0.311 e. The van der Waals surface area contributed by atoms with Gasteiger partial charge >= 0.3 is 5.69 Å². The molecule has 0 saturated heterocycles. The van der Waals surface area contributed by atoms with E-state index < -0.39 is 4.92 Å². The van der Waals surface area contributed by atoms with Gasteiger partial charge in [-0.25, -0.2) is 0 Å². The maximum atomic E-state index is 11.7. The van der Waals surface area contributed by atoms with E-state index in [9.17, 15) is 14.9 Å². The zero-order valence-electron chi connectivity index (χ0n) is 11.1. The van der Waals surface area contributed by atoms with E-state index in [4.69, 9.17) is 9.15 Å². The molecule has 6 nitrogen and oxygen atoms in total. The summed E-state index contributed by atoms with van der Waals surface area (Å²) < 4.78 is 10.3. The summed E-state index contributed by atoms with van der Waals surface area (Å²) in [5, 5.41) is 11.0. The second kappa shape index (κ2) is 5.56. The molecule has 0 saturated carbocycles. The molecule has 2 aromatic rings. The van der Waals surface area contributed by atoms with Crippen LogP contribution in [0.5, 0.6) is 5.75 Å². The lowest BCUT2D eigenvalue weighted by atomic mass is 10.1. The number of benzene rings is 1. The number of carbonyl (C=O) groups excluding carboxylic acids is 1. The normalized spacial score (nSPS) is 10.3. The standard InChI is InChI=1S/C14H13NO5/c1-9-6-10(2)14(11(7-9)15(17)18)20-8-12(16)13-4-3-5-19-13/h3-7H,8H2,1-2H3. The van der Waals surface area contributed by atoms with Crippen LogP contribution in [-0.4, -0.2) is 17.3 Å². The van der Waals surface area contributed by atoms with Gasteiger partial charge in [0.15, 0.2) is 12.4 Å². The highest BCUT2D eigenvalue weighted by atomic mass is 16.6. The molecule has 0 aliphatic carbocycles. The SMILES string of the molecule is Cc1cc(C)c(OCC(=O)c2ccco2)c([N+](=O)[O-])c1. The minimum atomic E-state index is -0.521. The number of nitro groups is 1. The Morgan fingerprint density at radius 1 is 1.40 bits per heavy atom. The molecule has 0 N–H and O–H groups in total. The van der Waals surface area contributed by atoms with Crippen LogP contribution in [0.1, 0.15) is 21.7 Å². The molecule has 6 heteroatoms. The van der Waals surface area contributed by atoms with Crippen molar-refractivity contribution >= 4 is 11.5 Å². The molecule has 0 aliphatic rings. The van der Waals surface area contributed by atoms with E-state index in [1.165, 1.54) is 18.4 Å². The van der Waals surface area contributed by atoms with E-state index in [2.05, 4.69) is 0 Å². The molecule has 0 radical (unpaired) electrons. The Balaban J connectivity index is 2.21. The average Bonchev–Trinajstić information content (AvgIpc) is 2.90. The van der Waals surface area contributed by atoms with Gasteiger partial charge in [0.25, 0.3) is 0 Å². The second-order valence-electron chi connectivity index (χ2n) is 4.38. The number of hydrogen-bond donors (Lipinski definition) is 0. The molecule has 2 rings (SSSR count). The number of carbonyl (C=O) groups is 1. The molecule has 104 valence electrons. The zero-order valence-corrected chi connectivity index (χ0v) is 11.1. The van der Waals surface area contributed by atoms with Crippen molar-refractivity contribution in [2.45, 2.75) is 13.8 Å². The van der Waals surface area contributed by atoms with E-state index in [0.29, 0.717) is 5.56 Å². The molecule has 0 unspecified atom stereocenters. The third-order valence-electron chi connectivity index (χ3n) is 2.74. The second-order valence-corrected chi connectivity index (χ2v) is 4.38. The molecule has 1 aromatic carbocycles. The van der Waals surface area contributed by atoms with Crippen LogP contribution in [0, 0.1) is 24.0 Å². The van der Waals surface area contributed by atoms with Gasteiger partial charge in [-0.1, -0.05) is 6.07 Å². The first kappa shape index (κ1) is 13.8. The molecule has 0 bridgehead atoms. The lowest BCUT2D eigenvalue weighted by molar-refractivity contribution is -0.385. The van der Waals surface area contributed by atoms with Crippen LogP contribution in [0.3, 0.4) is 0 Å². The summed E-state index contributed by atoms with van der Waals surface area (Å²) in [4.78, 5) is 22.3. The summed E-state index contributed by atoms with van der Waals surface area (Å²) in [7, 11) is 0. The fraction of sp³-hybridized carbons (Fsp3) is 0.214. The van der Waals surface area contributed by atoms with Crippen LogP contribution < -0.4 is 4.74 Å². The summed E-state index contributed by atoms with van der Waals surface area (Å²) in [6, 6.07) is 6.29. The summed E-state index contributed by atoms with van der Waals surface area (Å²) in [6.45, 7) is 3.16. The number of ether oxygens (including phenoxy) is 1. The van der Waals surface area contributed by atoms with Crippen molar-refractivity contribution in [3.05, 3.63) is 57.5 Å². The van der Waals surface area contributed by atoms with Crippen molar-refractivity contribution in [2.75, 3.05) is 6.61 Å². The Morgan fingerprint density at radius 3 is 2.75 bits per heavy atom. The smallest absolute Gasteiger partial charge is 0.311 e. The van der Waals surface area contributed by atoms with Crippen molar-refractivity contribution < 1.29 is 18.9 Å². The zero-order chi connectivity index (χ0) is 14.7. The van der Waals surface area contributed by atoms with Gasteiger partial charge in [-0.15, -0.1) is 0 Å². The van der Waals surface area contributed by atoms with Crippen molar-refractivity contribution in [1.29, 1.82) is 0 Å². The first-order valence-electron chi connectivity index (χ1n) is 5.94. The highest BCUT2D eigenvalue weighted by Crippen LogP contribution is 2.32. The molecule has 0 aliphatic heterocycles. The Morgan fingerprint density at radius 2 is 2.15 bits per heavy atom. The number of Topliss-reactive ketones (excluding diaryl/α,β-unsaturated/α-hetero) is 1. The van der Waals surface area contributed by atoms with E-state index in [1.54, 1.807) is 26.0 Å². The fourth-order valence-electron chi connectivity index (χ4n) is 1.90. The molecule has 1 aromatic heterocycles. The van der Waals surface area contributed by atoms with E-state index in [1.807, 2.05) is 0 Å². The Bertz CT molecular complexity index is 646. The van der Waals surface area contributed by atoms with E-state index in [0.717, 1.165) is 5.56 Å². The lowest BCUT2D eigenvalue weighted by Gasteiger charge is -2.09. The summed E-state index contributed by atoms with van der Waals surface area (Å²) in [6.07, 6.45) is 1.38. The van der Waals surface area contributed by atoms with Crippen molar-refractivity contribution in [1.82, 2.24) is 0 Å². The molecule has 20 heavy (non-hydrogen) atoms. The molecular weight excluding hydrogens is 262 g/mol. The number of rotatable bonds is 5. The highest BCUT2D eigenvalue weighted by Gasteiger charge is 2.20. The molecule has 1 heterocycles. The highest BCUT2D eigenvalue weighted by molar-refractivity contribution is 5.94. The van der Waals surface area contributed by atoms with Crippen LogP contribution >= 0.6 is 0 Å². The van der Waals surface area contributed by atoms with E-state index >= 15 is 0 Å². The molecule has 0 spiro atoms. The van der Waals surface area contributed by atoms with Crippen molar-refractivity contribution in [3.8, 4) is 5.75 Å². The minimum absolute atomic E-state index is 0.112. The van der Waals surface area contributed by atoms with Crippen LogP contribution in [0.15, 0.2) is 34.9 Å². The first-order chi connectivity index (χ1) is 9.49. The minimum Gasteiger partial charge on any atom is -0.478 e. The third kappa shape index (κ3) is 2.85. The van der Waals surface area contributed by atoms with Gasteiger partial charge in [0.1, 0.15) is 0 Å². The average molecular weight is 275 g/mol. The van der Waals surface area contributed by atoms with Gasteiger partial charge in [0, 0.05) is 6.07 Å². The number of hydrogen-bond acceptors (Lipinski definition) is 5. The Labute approximate surface area is 115 Å². The monoisotopic (exact) mass is 275 g/mol. The molecular formula is C14H13NO5. The molecule has 0 fully saturated rings. The van der Waals surface area contributed by atoms with Crippen molar-refractivity contribution in [2.24, 2.45) is 0 Å². The van der Waals surface area contributed by atoms with Gasteiger partial charge < -0.3 is 9.15 Å². The number of ketones is 1. The van der Waals surface area contributed by atoms with Gasteiger partial charge in [-0.3, -0.25) is 14.9 Å². The van der Waals surface area contributed by atoms with Gasteiger partial charge in [-0.2, -0.15) is 0 Å². The van der Waals surface area contributed by atoms with Gasteiger partial charge in [-0.05, 0) is 37.1 Å². The van der Waals surface area contributed by atoms with Gasteiger partial charge in [0.05, 0.1) is 11.2 Å². The number of nitrogens with zero attached hydrogens (tertiary/aromatic N) is 1. The van der Waals surface area contributed by atoms with Crippen molar-refractivity contribution in [3.63, 3.8) is 0 Å². The number of nitro benzene ring substituents is 1. The summed E-state index contributed by atoms with van der Waals surface area (Å²) in [5.74, 6) is -0.0952.